The summed E-state index contributed by atoms with van der Waals surface area (Å²) in [4.78, 5) is 26.2. The Bertz CT molecular complexity index is 1030. The Hall–Kier alpha value is -2.61. The van der Waals surface area contributed by atoms with Gasteiger partial charge in [0.05, 0.1) is 22.3 Å². The second-order valence-electron chi connectivity index (χ2n) is 8.17. The van der Waals surface area contributed by atoms with Crippen LogP contribution in [0.4, 0.5) is 15.8 Å². The van der Waals surface area contributed by atoms with Crippen LogP contribution >= 0.6 is 0 Å². The number of pyridine rings is 1. The number of rotatable bonds is 6. The highest BCUT2D eigenvalue weighted by Crippen LogP contribution is 2.40. The van der Waals surface area contributed by atoms with Gasteiger partial charge in [0, 0.05) is 31.4 Å². The number of nitrogen functional groups attached to an aromatic ring is 1. The number of nitrogens with two attached hydrogens (primary N) is 1. The standard InChI is InChI=1S/C21H27FN4O3/c1-3-24-11(2)12-6-7-25(9-12)16-8-15-17(19(23)18(16)22)20(27)14(21(28)29)10-26(15)13-4-5-13/h8,10-13,24H,3-7,9,23H2,1-2H3,(H,28,29)/t11-,12+/m1/s1. The molecule has 1 aromatic carbocycles. The van der Waals surface area contributed by atoms with Crippen LogP contribution in [0.1, 0.15) is 49.5 Å². The van der Waals surface area contributed by atoms with Gasteiger partial charge in [0.25, 0.3) is 0 Å². The normalized spacial score (nSPS) is 20.4. The summed E-state index contributed by atoms with van der Waals surface area (Å²) in [5.41, 5.74) is 5.61. The van der Waals surface area contributed by atoms with Gasteiger partial charge < -0.3 is 25.6 Å². The quantitative estimate of drug-likeness (QED) is 0.642. The molecule has 2 fully saturated rings. The fourth-order valence-electron chi connectivity index (χ4n) is 4.44. The first-order valence-electron chi connectivity index (χ1n) is 10.2. The smallest absolute Gasteiger partial charge is 0.341 e. The lowest BCUT2D eigenvalue weighted by molar-refractivity contribution is 0.0695. The molecule has 0 unspecified atom stereocenters. The molecule has 7 nitrogen and oxygen atoms in total. The molecular weight excluding hydrogens is 375 g/mol. The number of carbonyl (C=O) groups is 1. The van der Waals surface area contributed by atoms with Crippen molar-refractivity contribution in [3.63, 3.8) is 0 Å². The first-order chi connectivity index (χ1) is 13.8. The molecule has 4 N–H and O–H groups in total. The average molecular weight is 402 g/mol. The van der Waals surface area contributed by atoms with Crippen LogP contribution in [0, 0.1) is 11.7 Å². The second kappa shape index (κ2) is 7.33. The molecule has 29 heavy (non-hydrogen) atoms. The molecule has 2 aromatic rings. The monoisotopic (exact) mass is 402 g/mol. The minimum atomic E-state index is -1.32. The Kier molecular flexibility index (Phi) is 4.98. The van der Waals surface area contributed by atoms with Gasteiger partial charge in [-0.25, -0.2) is 9.18 Å². The summed E-state index contributed by atoms with van der Waals surface area (Å²) in [5, 5.41) is 12.8. The predicted octanol–water partition coefficient (Wildman–Crippen LogP) is 2.58. The van der Waals surface area contributed by atoms with Crippen molar-refractivity contribution in [2.75, 3.05) is 30.3 Å². The van der Waals surface area contributed by atoms with Crippen molar-refractivity contribution in [3.8, 4) is 0 Å². The van der Waals surface area contributed by atoms with Gasteiger partial charge in [-0.1, -0.05) is 6.92 Å². The summed E-state index contributed by atoms with van der Waals surface area (Å²) in [6, 6.07) is 2.12. The molecule has 0 amide bonds. The van der Waals surface area contributed by atoms with E-state index in [4.69, 9.17) is 5.73 Å². The van der Waals surface area contributed by atoms with Crippen molar-refractivity contribution >= 4 is 28.2 Å². The Morgan fingerprint density at radius 2 is 2.14 bits per heavy atom. The SMILES string of the molecule is CCN[C@H](C)[C@H]1CCN(c2cc3c(c(N)c2F)c(=O)c(C(=O)O)cn3C2CC2)C1. The molecule has 0 radical (unpaired) electrons. The average Bonchev–Trinajstić information content (AvgIpc) is 3.40. The predicted molar refractivity (Wildman–Crippen MR) is 111 cm³/mol. The highest BCUT2D eigenvalue weighted by atomic mass is 19.1. The summed E-state index contributed by atoms with van der Waals surface area (Å²) in [6.07, 6.45) is 4.12. The second-order valence-corrected chi connectivity index (χ2v) is 8.17. The molecule has 156 valence electrons. The van der Waals surface area contributed by atoms with Crippen molar-refractivity contribution in [1.82, 2.24) is 9.88 Å². The summed E-state index contributed by atoms with van der Waals surface area (Å²) in [7, 11) is 0. The number of nitrogens with zero attached hydrogens (tertiary/aromatic N) is 2. The van der Waals surface area contributed by atoms with Gasteiger partial charge >= 0.3 is 5.97 Å². The number of anilines is 2. The van der Waals surface area contributed by atoms with Gasteiger partial charge in [-0.05, 0) is 44.7 Å². The Balaban J connectivity index is 1.83. The number of aromatic nitrogens is 1. The van der Waals surface area contributed by atoms with Crippen molar-refractivity contribution in [2.45, 2.75) is 45.2 Å². The number of fused-ring (bicyclic) bond motifs is 1. The van der Waals surface area contributed by atoms with Gasteiger partial charge in [0.2, 0.25) is 5.43 Å². The largest absolute Gasteiger partial charge is 0.477 e. The minimum Gasteiger partial charge on any atom is -0.477 e. The fraction of sp³-hybridized carbons (Fsp3) is 0.524. The maximum absolute atomic E-state index is 15.2. The zero-order valence-electron chi connectivity index (χ0n) is 16.7. The molecule has 1 aliphatic carbocycles. The van der Waals surface area contributed by atoms with Crippen molar-refractivity contribution in [1.29, 1.82) is 0 Å². The van der Waals surface area contributed by atoms with E-state index in [1.807, 2.05) is 4.90 Å². The van der Waals surface area contributed by atoms with E-state index in [1.165, 1.54) is 6.20 Å². The topological polar surface area (TPSA) is 101 Å². The van der Waals surface area contributed by atoms with E-state index in [0.717, 1.165) is 25.8 Å². The number of carboxylic acids is 1. The highest BCUT2D eigenvalue weighted by Gasteiger charge is 2.32. The zero-order valence-corrected chi connectivity index (χ0v) is 16.7. The maximum atomic E-state index is 15.2. The first-order valence-corrected chi connectivity index (χ1v) is 10.2. The Morgan fingerprint density at radius 1 is 1.41 bits per heavy atom. The third-order valence-electron chi connectivity index (χ3n) is 6.25. The van der Waals surface area contributed by atoms with Gasteiger partial charge in [0.1, 0.15) is 5.56 Å². The lowest BCUT2D eigenvalue weighted by Crippen LogP contribution is -2.35. The summed E-state index contributed by atoms with van der Waals surface area (Å²) in [6.45, 7) is 6.50. The lowest BCUT2D eigenvalue weighted by atomic mass is 10.0. The lowest BCUT2D eigenvalue weighted by Gasteiger charge is -2.24. The van der Waals surface area contributed by atoms with Gasteiger partial charge in [-0.2, -0.15) is 0 Å². The molecule has 1 saturated carbocycles. The number of hydrogen-bond donors (Lipinski definition) is 3. The number of halogens is 1. The molecule has 2 atom stereocenters. The van der Waals surface area contributed by atoms with Crippen LogP contribution in [0.25, 0.3) is 10.9 Å². The molecule has 1 aliphatic heterocycles. The summed E-state index contributed by atoms with van der Waals surface area (Å²) >= 11 is 0. The third-order valence-corrected chi connectivity index (χ3v) is 6.25. The van der Waals surface area contributed by atoms with Crippen LogP contribution < -0.4 is 21.4 Å². The van der Waals surface area contributed by atoms with Crippen LogP contribution in [0.2, 0.25) is 0 Å². The molecule has 1 aromatic heterocycles. The van der Waals surface area contributed by atoms with Crippen LogP contribution in [0.3, 0.4) is 0 Å². The van der Waals surface area contributed by atoms with E-state index in [9.17, 15) is 14.7 Å². The van der Waals surface area contributed by atoms with Crippen molar-refractivity contribution in [3.05, 3.63) is 33.9 Å². The van der Waals surface area contributed by atoms with Crippen LogP contribution in [-0.4, -0.2) is 41.3 Å². The van der Waals surface area contributed by atoms with E-state index in [2.05, 4.69) is 19.2 Å². The minimum absolute atomic E-state index is 0.0326. The van der Waals surface area contributed by atoms with Crippen LogP contribution in [0.15, 0.2) is 17.1 Å². The van der Waals surface area contributed by atoms with Crippen LogP contribution in [0.5, 0.6) is 0 Å². The zero-order chi connectivity index (χ0) is 20.9. The number of nitrogens with one attached hydrogen (secondary N) is 1. The Morgan fingerprint density at radius 3 is 2.76 bits per heavy atom. The molecular formula is C21H27FN4O3. The molecule has 0 spiro atoms. The van der Waals surface area contributed by atoms with E-state index >= 15 is 4.39 Å². The fourth-order valence-corrected chi connectivity index (χ4v) is 4.44. The number of carboxylic acid groups (broad SMARTS) is 1. The first kappa shape index (κ1) is 19.7. The molecule has 0 bridgehead atoms. The van der Waals surface area contributed by atoms with E-state index in [1.54, 1.807) is 10.6 Å². The Labute approximate surface area is 168 Å². The van der Waals surface area contributed by atoms with Crippen LogP contribution in [-0.2, 0) is 0 Å². The maximum Gasteiger partial charge on any atom is 0.341 e. The summed E-state index contributed by atoms with van der Waals surface area (Å²) in [5.74, 6) is -1.57. The number of aromatic carboxylic acids is 1. The number of hydrogen-bond acceptors (Lipinski definition) is 5. The number of benzene rings is 1. The molecule has 1 saturated heterocycles. The van der Waals surface area contributed by atoms with Crippen molar-refractivity contribution < 1.29 is 14.3 Å². The molecule has 2 heterocycles. The molecule has 8 heteroatoms. The third kappa shape index (κ3) is 3.35. The van der Waals surface area contributed by atoms with Crippen molar-refractivity contribution in [2.24, 2.45) is 5.92 Å². The molecule has 2 aliphatic rings. The molecule has 4 rings (SSSR count). The van der Waals surface area contributed by atoms with Gasteiger partial charge in [0.15, 0.2) is 5.82 Å². The highest BCUT2D eigenvalue weighted by molar-refractivity contribution is 5.99. The van der Waals surface area contributed by atoms with E-state index < -0.39 is 17.2 Å². The summed E-state index contributed by atoms with van der Waals surface area (Å²) < 4.78 is 17.0. The van der Waals surface area contributed by atoms with E-state index in [0.29, 0.717) is 36.3 Å². The van der Waals surface area contributed by atoms with Gasteiger partial charge in [-0.3, -0.25) is 4.79 Å². The van der Waals surface area contributed by atoms with Gasteiger partial charge in [-0.15, -0.1) is 0 Å². The van der Waals surface area contributed by atoms with E-state index in [-0.39, 0.29) is 22.7 Å².